The van der Waals surface area contributed by atoms with Gasteiger partial charge in [0.05, 0.1) is 12.6 Å². The Bertz CT molecular complexity index is 1120. The molecule has 3 rings (SSSR count). The molecule has 0 aliphatic rings. The van der Waals surface area contributed by atoms with Crippen LogP contribution in [0.3, 0.4) is 0 Å². The van der Waals surface area contributed by atoms with Gasteiger partial charge in [0.1, 0.15) is 17.5 Å². The van der Waals surface area contributed by atoms with Crippen molar-refractivity contribution in [1.29, 1.82) is 5.26 Å². The molecule has 1 N–H and O–H groups in total. The van der Waals surface area contributed by atoms with Crippen molar-refractivity contribution < 1.29 is 9.53 Å². The van der Waals surface area contributed by atoms with Crippen LogP contribution in [-0.4, -0.2) is 45.3 Å². The van der Waals surface area contributed by atoms with Gasteiger partial charge in [0.15, 0.2) is 5.65 Å². The standard InChI is InChI=1S/C22H26N6O2/c1-15-11-18(17(3)28(15)16(2)14-30-4)12-19(13-23)22(29)24-9-8-21-26-25-20-7-5-6-10-27(20)21/h5-7,10-12,16H,8-9,14H2,1-4H3,(H,24,29)/b19-12+. The van der Waals surface area contributed by atoms with Crippen LogP contribution in [0.5, 0.6) is 0 Å². The summed E-state index contributed by atoms with van der Waals surface area (Å²) < 4.78 is 9.29. The van der Waals surface area contributed by atoms with Crippen molar-refractivity contribution in [3.05, 3.63) is 58.8 Å². The predicted molar refractivity (Wildman–Crippen MR) is 114 cm³/mol. The normalized spacial score (nSPS) is 12.7. The van der Waals surface area contributed by atoms with E-state index >= 15 is 0 Å². The molecule has 3 aromatic heterocycles. The van der Waals surface area contributed by atoms with Crippen LogP contribution >= 0.6 is 0 Å². The zero-order chi connectivity index (χ0) is 21.7. The van der Waals surface area contributed by atoms with E-state index in [9.17, 15) is 10.1 Å². The molecular formula is C22H26N6O2. The Balaban J connectivity index is 1.69. The minimum atomic E-state index is -0.402. The van der Waals surface area contributed by atoms with Gasteiger partial charge in [0.2, 0.25) is 0 Å². The molecule has 1 atom stereocenters. The number of fused-ring (bicyclic) bond motifs is 1. The van der Waals surface area contributed by atoms with Crippen LogP contribution in [-0.2, 0) is 16.0 Å². The first-order valence-electron chi connectivity index (χ1n) is 9.82. The van der Waals surface area contributed by atoms with Crippen LogP contribution in [0.1, 0.15) is 35.7 Å². The van der Waals surface area contributed by atoms with Crippen LogP contribution in [0.15, 0.2) is 36.0 Å². The molecular weight excluding hydrogens is 380 g/mol. The van der Waals surface area contributed by atoms with Gasteiger partial charge in [-0.05, 0) is 50.6 Å². The minimum absolute atomic E-state index is 0.0701. The number of nitriles is 1. The van der Waals surface area contributed by atoms with E-state index in [1.54, 1.807) is 13.2 Å². The quantitative estimate of drug-likeness (QED) is 0.458. The van der Waals surface area contributed by atoms with Crippen molar-refractivity contribution >= 4 is 17.6 Å². The van der Waals surface area contributed by atoms with Crippen LogP contribution in [0.2, 0.25) is 0 Å². The second-order valence-corrected chi connectivity index (χ2v) is 7.22. The number of carbonyl (C=O) groups is 1. The molecule has 8 nitrogen and oxygen atoms in total. The van der Waals surface area contributed by atoms with Crippen LogP contribution in [0.25, 0.3) is 11.7 Å². The lowest BCUT2D eigenvalue weighted by Gasteiger charge is -2.17. The number of pyridine rings is 1. The molecule has 30 heavy (non-hydrogen) atoms. The van der Waals surface area contributed by atoms with Crippen LogP contribution < -0.4 is 5.32 Å². The van der Waals surface area contributed by atoms with Crippen molar-refractivity contribution in [2.45, 2.75) is 33.2 Å². The first-order chi connectivity index (χ1) is 14.5. The largest absolute Gasteiger partial charge is 0.383 e. The summed E-state index contributed by atoms with van der Waals surface area (Å²) in [6.07, 6.45) is 4.03. The first-order valence-corrected chi connectivity index (χ1v) is 9.82. The van der Waals surface area contributed by atoms with E-state index in [1.807, 2.05) is 54.8 Å². The highest BCUT2D eigenvalue weighted by Gasteiger charge is 2.16. The van der Waals surface area contributed by atoms with Crippen molar-refractivity contribution in [2.75, 3.05) is 20.3 Å². The van der Waals surface area contributed by atoms with Gasteiger partial charge in [0.25, 0.3) is 5.91 Å². The van der Waals surface area contributed by atoms with Crippen molar-refractivity contribution in [2.24, 2.45) is 0 Å². The number of hydrogen-bond donors (Lipinski definition) is 1. The zero-order valence-electron chi connectivity index (χ0n) is 17.7. The van der Waals surface area contributed by atoms with Crippen molar-refractivity contribution in [1.82, 2.24) is 24.5 Å². The molecule has 0 aromatic carbocycles. The SMILES string of the molecule is COCC(C)n1c(C)cc(/C=C(\C#N)C(=O)NCCc2nnc3ccccn23)c1C. The van der Waals surface area contributed by atoms with E-state index in [4.69, 9.17) is 4.74 Å². The molecule has 0 aliphatic heterocycles. The predicted octanol–water partition coefficient (Wildman–Crippen LogP) is 2.62. The van der Waals surface area contributed by atoms with E-state index < -0.39 is 5.91 Å². The number of ether oxygens (including phenoxy) is 1. The Morgan fingerprint density at radius 3 is 2.90 bits per heavy atom. The van der Waals surface area contributed by atoms with E-state index in [2.05, 4.69) is 27.0 Å². The Morgan fingerprint density at radius 1 is 1.37 bits per heavy atom. The Morgan fingerprint density at radius 2 is 2.17 bits per heavy atom. The lowest BCUT2D eigenvalue weighted by molar-refractivity contribution is -0.117. The summed E-state index contributed by atoms with van der Waals surface area (Å²) in [5.41, 5.74) is 3.73. The van der Waals surface area contributed by atoms with E-state index in [-0.39, 0.29) is 11.6 Å². The Hall–Kier alpha value is -3.44. The molecule has 1 amide bonds. The molecule has 0 radical (unpaired) electrons. The third-order valence-corrected chi connectivity index (χ3v) is 5.06. The fraction of sp³-hybridized carbons (Fsp3) is 0.364. The average molecular weight is 406 g/mol. The second-order valence-electron chi connectivity index (χ2n) is 7.22. The summed E-state index contributed by atoms with van der Waals surface area (Å²) in [5.74, 6) is 0.352. The molecule has 0 fully saturated rings. The third-order valence-electron chi connectivity index (χ3n) is 5.06. The highest BCUT2D eigenvalue weighted by Crippen LogP contribution is 2.22. The van der Waals surface area contributed by atoms with Crippen molar-refractivity contribution in [3.63, 3.8) is 0 Å². The molecule has 156 valence electrons. The highest BCUT2D eigenvalue weighted by molar-refractivity contribution is 6.01. The van der Waals surface area contributed by atoms with Gasteiger partial charge in [-0.15, -0.1) is 10.2 Å². The molecule has 0 bridgehead atoms. The number of hydrogen-bond acceptors (Lipinski definition) is 5. The number of carbonyl (C=O) groups excluding carboxylic acids is 1. The number of aryl methyl sites for hydroxylation is 1. The summed E-state index contributed by atoms with van der Waals surface area (Å²) in [5, 5.41) is 20.6. The number of amides is 1. The maximum Gasteiger partial charge on any atom is 0.261 e. The molecule has 0 spiro atoms. The van der Waals surface area contributed by atoms with E-state index in [0.717, 1.165) is 28.4 Å². The maximum atomic E-state index is 12.5. The van der Waals surface area contributed by atoms with Gasteiger partial charge in [0, 0.05) is 37.7 Å². The number of methoxy groups -OCH3 is 1. The summed E-state index contributed by atoms with van der Waals surface area (Å²) in [7, 11) is 1.67. The average Bonchev–Trinajstić information content (AvgIpc) is 3.26. The fourth-order valence-electron chi connectivity index (χ4n) is 3.69. The third kappa shape index (κ3) is 4.42. The molecule has 1 unspecified atom stereocenters. The van der Waals surface area contributed by atoms with Gasteiger partial charge < -0.3 is 14.6 Å². The highest BCUT2D eigenvalue weighted by atomic mass is 16.5. The monoisotopic (exact) mass is 406 g/mol. The second kappa shape index (κ2) is 9.37. The van der Waals surface area contributed by atoms with E-state index in [1.165, 1.54) is 0 Å². The molecule has 3 heterocycles. The maximum absolute atomic E-state index is 12.5. The van der Waals surface area contributed by atoms with Gasteiger partial charge in [-0.2, -0.15) is 5.26 Å². The Kier molecular flexibility index (Phi) is 6.65. The minimum Gasteiger partial charge on any atom is -0.383 e. The molecule has 0 saturated heterocycles. The smallest absolute Gasteiger partial charge is 0.261 e. The van der Waals surface area contributed by atoms with Gasteiger partial charge >= 0.3 is 0 Å². The number of rotatable bonds is 8. The number of nitrogens with one attached hydrogen (secondary N) is 1. The number of aromatic nitrogens is 4. The summed E-state index contributed by atoms with van der Waals surface area (Å²) in [6.45, 7) is 7.00. The van der Waals surface area contributed by atoms with Gasteiger partial charge in [-0.25, -0.2) is 0 Å². The van der Waals surface area contributed by atoms with E-state index in [0.29, 0.717) is 19.6 Å². The first kappa shape index (κ1) is 21.3. The summed E-state index contributed by atoms with van der Waals surface area (Å²) in [6, 6.07) is 9.83. The summed E-state index contributed by atoms with van der Waals surface area (Å²) >= 11 is 0. The van der Waals surface area contributed by atoms with Gasteiger partial charge in [-0.1, -0.05) is 6.07 Å². The van der Waals surface area contributed by atoms with Crippen LogP contribution in [0.4, 0.5) is 0 Å². The number of nitrogens with zero attached hydrogens (tertiary/aromatic N) is 5. The molecule has 3 aromatic rings. The topological polar surface area (TPSA) is 97.2 Å². The van der Waals surface area contributed by atoms with Crippen molar-refractivity contribution in [3.8, 4) is 6.07 Å². The molecule has 8 heteroatoms. The van der Waals surface area contributed by atoms with Crippen LogP contribution in [0, 0.1) is 25.2 Å². The lowest BCUT2D eigenvalue weighted by atomic mass is 10.1. The summed E-state index contributed by atoms with van der Waals surface area (Å²) in [4.78, 5) is 12.5. The zero-order valence-corrected chi connectivity index (χ0v) is 17.7. The lowest BCUT2D eigenvalue weighted by Crippen LogP contribution is -2.27. The Labute approximate surface area is 175 Å². The van der Waals surface area contributed by atoms with Gasteiger partial charge in [-0.3, -0.25) is 9.20 Å². The fourth-order valence-corrected chi connectivity index (χ4v) is 3.69. The molecule has 0 aliphatic carbocycles. The molecule has 0 saturated carbocycles.